The predicted octanol–water partition coefficient (Wildman–Crippen LogP) is 4.17. The predicted molar refractivity (Wildman–Crippen MR) is 98.4 cm³/mol. The number of anilines is 1. The molecule has 0 fully saturated rings. The van der Waals surface area contributed by atoms with E-state index < -0.39 is 0 Å². The van der Waals surface area contributed by atoms with E-state index in [1.807, 2.05) is 24.4 Å². The molecule has 0 aliphatic rings. The summed E-state index contributed by atoms with van der Waals surface area (Å²) in [5, 5.41) is 4.64. The van der Waals surface area contributed by atoms with E-state index in [2.05, 4.69) is 42.0 Å². The lowest BCUT2D eigenvalue weighted by Crippen LogP contribution is -2.37. The van der Waals surface area contributed by atoms with Gasteiger partial charge in [0, 0.05) is 36.8 Å². The van der Waals surface area contributed by atoms with Crippen LogP contribution in [0, 0.1) is 0 Å². The van der Waals surface area contributed by atoms with Crippen molar-refractivity contribution in [3.63, 3.8) is 0 Å². The Morgan fingerprint density at radius 3 is 2.65 bits per heavy atom. The van der Waals surface area contributed by atoms with Crippen LogP contribution in [0.2, 0.25) is 0 Å². The fraction of sp³-hybridized carbons (Fsp3) is 0.526. The van der Waals surface area contributed by atoms with Crippen molar-refractivity contribution in [3.05, 3.63) is 30.5 Å². The van der Waals surface area contributed by atoms with Crippen LogP contribution in [0.25, 0.3) is 10.9 Å². The molecule has 0 amide bonds. The van der Waals surface area contributed by atoms with Crippen molar-refractivity contribution in [1.82, 2.24) is 9.88 Å². The van der Waals surface area contributed by atoms with Gasteiger partial charge in [0.15, 0.2) is 0 Å². The van der Waals surface area contributed by atoms with Crippen molar-refractivity contribution in [1.29, 1.82) is 0 Å². The Balaban J connectivity index is 2.09. The van der Waals surface area contributed by atoms with Gasteiger partial charge in [0.25, 0.3) is 0 Å². The number of hydrogen-bond donors (Lipinski definition) is 1. The molecule has 2 aromatic rings. The summed E-state index contributed by atoms with van der Waals surface area (Å²) in [6.45, 7) is 9.80. The molecule has 23 heavy (non-hydrogen) atoms. The molecule has 0 saturated carbocycles. The average Bonchev–Trinajstić information content (AvgIpc) is 2.60. The van der Waals surface area contributed by atoms with Crippen LogP contribution < -0.4 is 10.1 Å². The molecule has 1 N–H and O–H groups in total. The normalized spacial score (nSPS) is 11.4. The molecule has 0 bridgehead atoms. The summed E-state index contributed by atoms with van der Waals surface area (Å²) < 4.78 is 5.41. The van der Waals surface area contributed by atoms with E-state index in [1.54, 1.807) is 7.11 Å². The van der Waals surface area contributed by atoms with Gasteiger partial charge < -0.3 is 10.1 Å². The summed E-state index contributed by atoms with van der Waals surface area (Å²) >= 11 is 0. The molecule has 0 atom stereocenters. The molecular formula is C19H29N3O. The number of nitrogens with zero attached hydrogens (tertiary/aromatic N) is 2. The third-order valence-corrected chi connectivity index (χ3v) is 4.49. The molecule has 0 aliphatic heterocycles. The summed E-state index contributed by atoms with van der Waals surface area (Å²) in [4.78, 5) is 7.05. The molecule has 0 unspecified atom stereocenters. The summed E-state index contributed by atoms with van der Waals surface area (Å²) in [5.74, 6) is 0.861. The lowest BCUT2D eigenvalue weighted by Gasteiger charge is -2.29. The van der Waals surface area contributed by atoms with Crippen molar-refractivity contribution < 1.29 is 4.74 Å². The fourth-order valence-electron chi connectivity index (χ4n) is 3.16. The van der Waals surface area contributed by atoms with Gasteiger partial charge in [-0.2, -0.15) is 0 Å². The number of nitrogens with one attached hydrogen (secondary N) is 1. The van der Waals surface area contributed by atoms with Crippen molar-refractivity contribution in [3.8, 4) is 5.75 Å². The van der Waals surface area contributed by atoms with E-state index in [9.17, 15) is 0 Å². The van der Waals surface area contributed by atoms with E-state index in [1.165, 1.54) is 12.8 Å². The Morgan fingerprint density at radius 2 is 2.00 bits per heavy atom. The number of rotatable bonds is 9. The number of ether oxygens (including phenoxy) is 1. The molecule has 0 radical (unpaired) electrons. The van der Waals surface area contributed by atoms with Gasteiger partial charge in [-0.1, -0.05) is 26.8 Å². The van der Waals surface area contributed by atoms with Crippen LogP contribution in [-0.2, 0) is 0 Å². The standard InChI is InChI=1S/C19H29N3O/c1-5-16(6-2)22(7-3)12-11-20-18-14-17(23-4)13-15-9-8-10-21-19(15)18/h8-10,13-14,16,20H,5-7,11-12H2,1-4H3. The molecule has 1 aromatic heterocycles. The molecule has 1 heterocycles. The third kappa shape index (κ3) is 4.35. The second-order valence-corrected chi connectivity index (χ2v) is 5.78. The van der Waals surface area contributed by atoms with Crippen LogP contribution >= 0.6 is 0 Å². The van der Waals surface area contributed by atoms with Crippen molar-refractivity contribution in [2.75, 3.05) is 32.1 Å². The molecule has 126 valence electrons. The Bertz CT molecular complexity index is 611. The van der Waals surface area contributed by atoms with Crippen LogP contribution in [0.5, 0.6) is 5.75 Å². The lowest BCUT2D eigenvalue weighted by molar-refractivity contribution is 0.203. The Hall–Kier alpha value is -1.81. The molecule has 0 spiro atoms. The van der Waals surface area contributed by atoms with Crippen LogP contribution in [0.3, 0.4) is 0 Å². The van der Waals surface area contributed by atoms with Crippen molar-refractivity contribution >= 4 is 16.6 Å². The monoisotopic (exact) mass is 315 g/mol. The van der Waals surface area contributed by atoms with Crippen LogP contribution in [0.1, 0.15) is 33.6 Å². The number of pyridine rings is 1. The molecule has 0 aliphatic carbocycles. The number of aromatic nitrogens is 1. The average molecular weight is 315 g/mol. The third-order valence-electron chi connectivity index (χ3n) is 4.49. The summed E-state index contributed by atoms with van der Waals surface area (Å²) in [6, 6.07) is 8.75. The fourth-order valence-corrected chi connectivity index (χ4v) is 3.16. The minimum atomic E-state index is 0.668. The van der Waals surface area contributed by atoms with E-state index in [-0.39, 0.29) is 0 Å². The van der Waals surface area contributed by atoms with Crippen LogP contribution in [-0.4, -0.2) is 42.7 Å². The Labute approximate surface area is 139 Å². The molecular weight excluding hydrogens is 286 g/mol. The van der Waals surface area contributed by atoms with Crippen LogP contribution in [0.15, 0.2) is 30.5 Å². The zero-order valence-electron chi connectivity index (χ0n) is 14.8. The SMILES string of the molecule is CCC(CC)N(CC)CCNc1cc(OC)cc2cccnc12. The minimum absolute atomic E-state index is 0.668. The van der Waals surface area contributed by atoms with E-state index >= 15 is 0 Å². The number of fused-ring (bicyclic) bond motifs is 1. The first-order valence-corrected chi connectivity index (χ1v) is 8.64. The molecule has 1 aromatic carbocycles. The summed E-state index contributed by atoms with van der Waals surface area (Å²) in [5.41, 5.74) is 2.04. The zero-order valence-corrected chi connectivity index (χ0v) is 14.8. The maximum atomic E-state index is 5.41. The highest BCUT2D eigenvalue weighted by Crippen LogP contribution is 2.27. The summed E-state index contributed by atoms with van der Waals surface area (Å²) in [7, 11) is 1.70. The maximum absolute atomic E-state index is 5.41. The highest BCUT2D eigenvalue weighted by atomic mass is 16.5. The van der Waals surface area contributed by atoms with Gasteiger partial charge in [0.05, 0.1) is 18.3 Å². The highest BCUT2D eigenvalue weighted by molar-refractivity contribution is 5.91. The Morgan fingerprint density at radius 1 is 1.22 bits per heavy atom. The first-order valence-electron chi connectivity index (χ1n) is 8.64. The Kier molecular flexibility index (Phi) is 6.66. The van der Waals surface area contributed by atoms with Crippen molar-refractivity contribution in [2.24, 2.45) is 0 Å². The summed E-state index contributed by atoms with van der Waals surface area (Å²) in [6.07, 6.45) is 4.24. The smallest absolute Gasteiger partial charge is 0.121 e. The topological polar surface area (TPSA) is 37.4 Å². The van der Waals surface area contributed by atoms with Gasteiger partial charge >= 0.3 is 0 Å². The second-order valence-electron chi connectivity index (χ2n) is 5.78. The maximum Gasteiger partial charge on any atom is 0.121 e. The van der Waals surface area contributed by atoms with E-state index in [0.717, 1.165) is 42.0 Å². The van der Waals surface area contributed by atoms with Gasteiger partial charge in [-0.25, -0.2) is 0 Å². The molecule has 2 rings (SSSR count). The second kappa shape index (κ2) is 8.73. The van der Waals surface area contributed by atoms with Crippen LogP contribution in [0.4, 0.5) is 5.69 Å². The molecule has 0 saturated heterocycles. The van der Waals surface area contributed by atoms with Gasteiger partial charge in [-0.05, 0) is 31.5 Å². The van der Waals surface area contributed by atoms with Gasteiger partial charge in [-0.3, -0.25) is 9.88 Å². The zero-order chi connectivity index (χ0) is 16.7. The molecule has 4 nitrogen and oxygen atoms in total. The lowest BCUT2D eigenvalue weighted by atomic mass is 10.1. The number of methoxy groups -OCH3 is 1. The minimum Gasteiger partial charge on any atom is -0.497 e. The van der Waals surface area contributed by atoms with Gasteiger partial charge in [-0.15, -0.1) is 0 Å². The van der Waals surface area contributed by atoms with E-state index in [4.69, 9.17) is 4.74 Å². The van der Waals surface area contributed by atoms with E-state index in [0.29, 0.717) is 6.04 Å². The first kappa shape index (κ1) is 17.5. The number of likely N-dealkylation sites (N-methyl/N-ethyl adjacent to an activating group) is 1. The quantitative estimate of drug-likeness (QED) is 0.754. The number of hydrogen-bond acceptors (Lipinski definition) is 4. The molecule has 4 heteroatoms. The van der Waals surface area contributed by atoms with Gasteiger partial charge in [0.2, 0.25) is 0 Å². The number of benzene rings is 1. The largest absolute Gasteiger partial charge is 0.497 e. The highest BCUT2D eigenvalue weighted by Gasteiger charge is 2.13. The van der Waals surface area contributed by atoms with Crippen molar-refractivity contribution in [2.45, 2.75) is 39.7 Å². The first-order chi connectivity index (χ1) is 11.2. The van der Waals surface area contributed by atoms with Gasteiger partial charge in [0.1, 0.15) is 5.75 Å².